The lowest BCUT2D eigenvalue weighted by atomic mass is 9.98. The van der Waals surface area contributed by atoms with Gasteiger partial charge in [0.2, 0.25) is 0 Å². The van der Waals surface area contributed by atoms with Gasteiger partial charge in [0.15, 0.2) is 0 Å². The number of nitrogens with zero attached hydrogens (tertiary/aromatic N) is 2. The molecule has 4 heterocycles. The average Bonchev–Trinajstić information content (AvgIpc) is 4.10. The van der Waals surface area contributed by atoms with Gasteiger partial charge < -0.3 is 8.80 Å². The van der Waals surface area contributed by atoms with E-state index in [1.54, 1.807) is 11.1 Å². The van der Waals surface area contributed by atoms with E-state index in [9.17, 15) is 0 Å². The van der Waals surface area contributed by atoms with Crippen LogP contribution in [0.5, 0.6) is 0 Å². The molecule has 0 unspecified atom stereocenters. The average molecular weight is 811 g/mol. The Morgan fingerprint density at radius 3 is 1.57 bits per heavy atom. The summed E-state index contributed by atoms with van der Waals surface area (Å²) >= 11 is 0. The van der Waals surface area contributed by atoms with Crippen molar-refractivity contribution >= 4 is 23.2 Å². The molecule has 0 atom stereocenters. The molecule has 7 aromatic rings. The van der Waals surface area contributed by atoms with Gasteiger partial charge in [0.1, 0.15) is 0 Å². The smallest absolute Gasteiger partial charge is 0.0452 e. The maximum absolute atomic E-state index is 2.40. The standard InChI is InChI=1S/C12H16.2C12H14.2C11H13N.CH4/c3*1-9(2)11-7-6-10-4-3-5-12(10)8-11;1-9(2)10-5-6-11-4-3-7-12(11)8-10;1-9(2)10-5-7-12-6-3-4-11(12)8-10;/h6-9H,3-5H2,1-2H3;3,5-9H,4H2,1-2H3;3-4,6-9H,5H2,1-2H3;2*3-9H,1-2H3;1H4. The van der Waals surface area contributed by atoms with Crippen LogP contribution in [0.25, 0.3) is 23.2 Å². The first-order valence-corrected chi connectivity index (χ1v) is 22.7. The van der Waals surface area contributed by atoms with Crippen molar-refractivity contribution in [3.63, 3.8) is 0 Å². The lowest BCUT2D eigenvalue weighted by Crippen LogP contribution is -1.90. The van der Waals surface area contributed by atoms with E-state index in [1.807, 2.05) is 0 Å². The number of hydrogen-bond acceptors (Lipinski definition) is 0. The molecule has 10 rings (SSSR count). The fourth-order valence-electron chi connectivity index (χ4n) is 8.02. The van der Waals surface area contributed by atoms with Gasteiger partial charge in [-0.3, -0.25) is 0 Å². The number of fused-ring (bicyclic) bond motifs is 5. The summed E-state index contributed by atoms with van der Waals surface area (Å²) in [6.45, 7) is 22.3. The normalized spacial score (nSPS) is 12.9. The summed E-state index contributed by atoms with van der Waals surface area (Å²) in [6.07, 6.45) is 23.6. The highest BCUT2D eigenvalue weighted by Gasteiger charge is 2.12. The molecule has 0 saturated heterocycles. The van der Waals surface area contributed by atoms with Gasteiger partial charge in [0.25, 0.3) is 0 Å². The number of pyridine rings is 2. The summed E-state index contributed by atoms with van der Waals surface area (Å²) in [6, 6.07) is 37.8. The predicted octanol–water partition coefficient (Wildman–Crippen LogP) is 16.8. The second-order valence-electron chi connectivity index (χ2n) is 18.4. The minimum atomic E-state index is 0. The Balaban J connectivity index is 0.000000144. The highest BCUT2D eigenvalue weighted by atomic mass is 14.8. The highest BCUT2D eigenvalue weighted by Crippen LogP contribution is 2.27. The number of aromatic nitrogens is 2. The van der Waals surface area contributed by atoms with Crippen molar-refractivity contribution < 1.29 is 0 Å². The molecule has 0 fully saturated rings. The van der Waals surface area contributed by atoms with Crippen molar-refractivity contribution in [1.29, 1.82) is 0 Å². The molecule has 0 aliphatic heterocycles. The molecule has 3 aromatic carbocycles. The Kier molecular flexibility index (Phi) is 16.8. The van der Waals surface area contributed by atoms with Crippen molar-refractivity contribution in [2.24, 2.45) is 0 Å². The molecule has 4 aromatic heterocycles. The lowest BCUT2D eigenvalue weighted by Gasteiger charge is -2.07. The van der Waals surface area contributed by atoms with E-state index in [0.717, 1.165) is 12.8 Å². The van der Waals surface area contributed by atoms with Gasteiger partial charge in [-0.15, -0.1) is 0 Å². The molecule has 61 heavy (non-hydrogen) atoms. The zero-order chi connectivity index (χ0) is 42.8. The first-order chi connectivity index (χ1) is 28.9. The number of rotatable bonds is 5. The Morgan fingerprint density at radius 1 is 0.393 bits per heavy atom. The van der Waals surface area contributed by atoms with E-state index < -0.39 is 0 Å². The van der Waals surface area contributed by atoms with E-state index in [1.165, 1.54) is 80.4 Å². The zero-order valence-electron chi connectivity index (χ0n) is 38.3. The molecule has 0 spiro atoms. The molecule has 3 aliphatic rings. The number of benzene rings is 3. The third kappa shape index (κ3) is 12.6. The minimum Gasteiger partial charge on any atom is -0.324 e. The molecule has 2 nitrogen and oxygen atoms in total. The van der Waals surface area contributed by atoms with E-state index in [2.05, 4.69) is 230 Å². The van der Waals surface area contributed by atoms with Gasteiger partial charge in [0, 0.05) is 35.8 Å². The molecule has 3 aliphatic carbocycles. The minimum absolute atomic E-state index is 0. The summed E-state index contributed by atoms with van der Waals surface area (Å²) in [7, 11) is 0. The second kappa shape index (κ2) is 22.0. The molecule has 0 bridgehead atoms. The summed E-state index contributed by atoms with van der Waals surface area (Å²) in [5.74, 6) is 3.19. The summed E-state index contributed by atoms with van der Waals surface area (Å²) in [5.41, 5.74) is 18.7. The summed E-state index contributed by atoms with van der Waals surface area (Å²) in [5, 5.41) is 0. The van der Waals surface area contributed by atoms with Crippen LogP contribution in [0.15, 0.2) is 140 Å². The van der Waals surface area contributed by atoms with Crippen molar-refractivity contribution in [1.82, 2.24) is 8.80 Å². The van der Waals surface area contributed by atoms with Gasteiger partial charge in [-0.25, -0.2) is 0 Å². The van der Waals surface area contributed by atoms with Crippen LogP contribution in [0.1, 0.15) is 174 Å². The van der Waals surface area contributed by atoms with Crippen molar-refractivity contribution in [2.45, 2.75) is 138 Å². The van der Waals surface area contributed by atoms with Crippen LogP contribution >= 0.6 is 0 Å². The monoisotopic (exact) mass is 811 g/mol. The van der Waals surface area contributed by atoms with Crippen LogP contribution in [0.2, 0.25) is 0 Å². The Hall–Kier alpha value is -5.34. The van der Waals surface area contributed by atoms with E-state index in [-0.39, 0.29) is 7.43 Å². The van der Waals surface area contributed by atoms with Crippen molar-refractivity contribution in [3.05, 3.63) is 201 Å². The van der Waals surface area contributed by atoms with E-state index in [0.29, 0.717) is 29.6 Å². The predicted molar refractivity (Wildman–Crippen MR) is 269 cm³/mol. The van der Waals surface area contributed by atoms with Crippen LogP contribution in [-0.2, 0) is 25.7 Å². The Labute approximate surface area is 370 Å². The van der Waals surface area contributed by atoms with Crippen molar-refractivity contribution in [2.75, 3.05) is 0 Å². The molecule has 2 heteroatoms. The molecule has 0 saturated carbocycles. The van der Waals surface area contributed by atoms with Crippen LogP contribution in [-0.4, -0.2) is 8.80 Å². The maximum atomic E-state index is 2.40. The summed E-state index contributed by atoms with van der Waals surface area (Å²) in [4.78, 5) is 0. The van der Waals surface area contributed by atoms with Crippen LogP contribution in [0.3, 0.4) is 0 Å². The first-order valence-electron chi connectivity index (χ1n) is 22.7. The second-order valence-corrected chi connectivity index (χ2v) is 18.4. The van der Waals surface area contributed by atoms with E-state index in [4.69, 9.17) is 0 Å². The zero-order valence-corrected chi connectivity index (χ0v) is 38.3. The Morgan fingerprint density at radius 2 is 0.902 bits per heavy atom. The quantitative estimate of drug-likeness (QED) is 0.164. The van der Waals surface area contributed by atoms with Gasteiger partial charge in [-0.2, -0.15) is 0 Å². The molecule has 320 valence electrons. The SMILES string of the molecule is C.CC(C)c1ccc2c(c1)C=CC2.CC(C)c1ccc2c(c1)CC=C2.CC(C)c1ccc2c(c1)CCC2.CC(C)c1ccc2cccn2c1.CC(C)c1ccn2cccc2c1. The molecule has 0 radical (unpaired) electrons. The summed E-state index contributed by atoms with van der Waals surface area (Å²) < 4.78 is 4.29. The fourth-order valence-corrected chi connectivity index (χ4v) is 8.02. The van der Waals surface area contributed by atoms with Gasteiger partial charge in [0.05, 0.1) is 0 Å². The molecule has 0 N–H and O–H groups in total. The fraction of sp³-hybridized carbons (Fsp3) is 0.356. The number of aryl methyl sites for hydroxylation is 2. The van der Waals surface area contributed by atoms with Gasteiger partial charge in [-0.1, -0.05) is 162 Å². The highest BCUT2D eigenvalue weighted by molar-refractivity contribution is 5.61. The topological polar surface area (TPSA) is 8.82 Å². The van der Waals surface area contributed by atoms with Crippen LogP contribution in [0, 0.1) is 0 Å². The molecule has 0 amide bonds. The van der Waals surface area contributed by atoms with Gasteiger partial charge in [-0.05, 0) is 165 Å². The Bertz CT molecular complexity index is 2410. The van der Waals surface area contributed by atoms with E-state index >= 15 is 0 Å². The number of hydrogen-bond donors (Lipinski definition) is 0. The van der Waals surface area contributed by atoms with Crippen LogP contribution in [0.4, 0.5) is 0 Å². The van der Waals surface area contributed by atoms with Crippen molar-refractivity contribution in [3.8, 4) is 0 Å². The lowest BCUT2D eigenvalue weighted by molar-refractivity contribution is 0.854. The maximum Gasteiger partial charge on any atom is 0.0452 e. The molecular formula is C59H74N2. The third-order valence-corrected chi connectivity index (χ3v) is 12.2. The van der Waals surface area contributed by atoms with Crippen LogP contribution < -0.4 is 0 Å². The largest absolute Gasteiger partial charge is 0.324 e. The first kappa shape index (κ1) is 46.7. The third-order valence-electron chi connectivity index (χ3n) is 12.2. The van der Waals surface area contributed by atoms with Gasteiger partial charge >= 0.3 is 0 Å². The number of allylic oxidation sites excluding steroid dienone is 2. The molecular weight excluding hydrogens is 737 g/mol.